The summed E-state index contributed by atoms with van der Waals surface area (Å²) in [6.07, 6.45) is 1.16. The highest BCUT2D eigenvalue weighted by atomic mass is 35.5. The van der Waals surface area contributed by atoms with Gasteiger partial charge in [0.2, 0.25) is 0 Å². The fraction of sp³-hybridized carbons (Fsp3) is 0.143. The molecule has 1 heterocycles. The Morgan fingerprint density at radius 3 is 2.35 bits per heavy atom. The van der Waals surface area contributed by atoms with Crippen LogP contribution in [0.3, 0.4) is 0 Å². The monoisotopic (exact) mass is 470 g/mol. The Hall–Kier alpha value is -3.67. The van der Waals surface area contributed by atoms with Crippen molar-refractivity contribution in [1.82, 2.24) is 10.3 Å². The van der Waals surface area contributed by atoms with Crippen LogP contribution in [0.5, 0.6) is 0 Å². The minimum absolute atomic E-state index is 0.00491. The lowest BCUT2D eigenvalue weighted by Gasteiger charge is -2.15. The van der Waals surface area contributed by atoms with Crippen molar-refractivity contribution in [2.45, 2.75) is 19.1 Å². The minimum Gasteiger partial charge on any atom is -0.449 e. The second-order valence-corrected chi connectivity index (χ2v) is 8.62. The fourth-order valence-corrected chi connectivity index (χ4v) is 4.69. The average molecular weight is 471 g/mol. The van der Waals surface area contributed by atoms with Gasteiger partial charge in [-0.2, -0.15) is 0 Å². The Kier molecular flexibility index (Phi) is 6.30. The van der Waals surface area contributed by atoms with Gasteiger partial charge in [-0.3, -0.25) is 4.98 Å². The van der Waals surface area contributed by atoms with Crippen molar-refractivity contribution in [2.24, 2.45) is 0 Å². The first-order valence-electron chi connectivity index (χ1n) is 11.1. The van der Waals surface area contributed by atoms with Crippen LogP contribution in [0.15, 0.2) is 85.1 Å². The molecule has 1 amide bonds. The topological polar surface area (TPSA) is 71.5 Å². The number of halogens is 1. The molecule has 0 bridgehead atoms. The molecule has 1 aliphatic carbocycles. The summed E-state index contributed by atoms with van der Waals surface area (Å²) in [5, 5.41) is 12.8. The number of hydrogen-bond donors (Lipinski definition) is 2. The molecule has 0 unspecified atom stereocenters. The van der Waals surface area contributed by atoms with Gasteiger partial charge in [0.1, 0.15) is 6.61 Å². The Bertz CT molecular complexity index is 1310. The molecule has 1 aliphatic rings. The minimum atomic E-state index is -0.496. The summed E-state index contributed by atoms with van der Waals surface area (Å²) >= 11 is 6.22. The number of aliphatic hydroxyl groups is 1. The zero-order chi connectivity index (χ0) is 23.5. The number of aromatic nitrogens is 1. The van der Waals surface area contributed by atoms with Crippen LogP contribution in [-0.2, 0) is 17.9 Å². The predicted molar refractivity (Wildman–Crippen MR) is 133 cm³/mol. The van der Waals surface area contributed by atoms with Crippen molar-refractivity contribution in [3.8, 4) is 22.4 Å². The molecule has 1 aromatic heterocycles. The van der Waals surface area contributed by atoms with Crippen molar-refractivity contribution >= 4 is 17.7 Å². The van der Waals surface area contributed by atoms with Crippen LogP contribution in [0.1, 0.15) is 28.2 Å². The maximum atomic E-state index is 12.6. The highest BCUT2D eigenvalue weighted by Crippen LogP contribution is 2.44. The molecule has 3 aromatic carbocycles. The maximum Gasteiger partial charge on any atom is 0.407 e. The highest BCUT2D eigenvalue weighted by Gasteiger charge is 2.29. The molecular formula is C28H23ClN2O3. The predicted octanol–water partition coefficient (Wildman–Crippen LogP) is 5.93. The largest absolute Gasteiger partial charge is 0.449 e. The SMILES string of the molecule is O=C(NCc1cc(Cl)ccc1-c1cc(CO)ccn1)OCC1c2ccccc2-c2ccccc21. The van der Waals surface area contributed by atoms with Gasteiger partial charge in [0, 0.05) is 29.2 Å². The Balaban J connectivity index is 1.28. The number of carbonyl (C=O) groups is 1. The number of aliphatic hydroxyl groups excluding tert-OH is 1. The molecule has 0 saturated carbocycles. The number of rotatable bonds is 6. The third kappa shape index (κ3) is 4.40. The van der Waals surface area contributed by atoms with Crippen LogP contribution >= 0.6 is 11.6 Å². The zero-order valence-corrected chi connectivity index (χ0v) is 19.1. The summed E-state index contributed by atoms with van der Waals surface area (Å²) in [6, 6.07) is 25.5. The number of alkyl carbamates (subject to hydrolysis) is 1. The number of amides is 1. The quantitative estimate of drug-likeness (QED) is 0.366. The Labute approximate surface area is 203 Å². The smallest absolute Gasteiger partial charge is 0.407 e. The van der Waals surface area contributed by atoms with E-state index in [-0.39, 0.29) is 25.7 Å². The normalized spacial score (nSPS) is 12.2. The van der Waals surface area contributed by atoms with Gasteiger partial charge in [0.05, 0.1) is 12.3 Å². The van der Waals surface area contributed by atoms with Crippen molar-refractivity contribution in [2.75, 3.05) is 6.61 Å². The molecule has 6 heteroatoms. The second-order valence-electron chi connectivity index (χ2n) is 8.19. The molecule has 170 valence electrons. The molecule has 2 N–H and O–H groups in total. The van der Waals surface area contributed by atoms with Gasteiger partial charge < -0.3 is 15.2 Å². The van der Waals surface area contributed by atoms with Crippen LogP contribution in [-0.4, -0.2) is 22.8 Å². The molecule has 0 saturated heterocycles. The van der Waals surface area contributed by atoms with Gasteiger partial charge in [0.25, 0.3) is 0 Å². The van der Waals surface area contributed by atoms with E-state index in [2.05, 4.69) is 34.6 Å². The zero-order valence-electron chi connectivity index (χ0n) is 18.4. The first-order valence-corrected chi connectivity index (χ1v) is 11.5. The molecule has 34 heavy (non-hydrogen) atoms. The average Bonchev–Trinajstić information content (AvgIpc) is 3.20. The van der Waals surface area contributed by atoms with Crippen LogP contribution in [0, 0.1) is 0 Å². The van der Waals surface area contributed by atoms with E-state index in [4.69, 9.17) is 16.3 Å². The number of fused-ring (bicyclic) bond motifs is 3. The molecule has 5 rings (SSSR count). The van der Waals surface area contributed by atoms with Crippen molar-refractivity contribution in [1.29, 1.82) is 0 Å². The summed E-state index contributed by atoms with van der Waals surface area (Å²) in [5.41, 5.74) is 7.82. The van der Waals surface area contributed by atoms with Gasteiger partial charge in [-0.25, -0.2) is 4.79 Å². The third-order valence-corrected chi connectivity index (χ3v) is 6.35. The van der Waals surface area contributed by atoms with Crippen LogP contribution < -0.4 is 5.32 Å². The highest BCUT2D eigenvalue weighted by molar-refractivity contribution is 6.30. The van der Waals surface area contributed by atoms with Gasteiger partial charge in [-0.15, -0.1) is 0 Å². The van der Waals surface area contributed by atoms with E-state index in [1.807, 2.05) is 36.4 Å². The van der Waals surface area contributed by atoms with Gasteiger partial charge in [0.15, 0.2) is 0 Å². The number of ether oxygens (including phenoxy) is 1. The number of hydrogen-bond acceptors (Lipinski definition) is 4. The molecule has 0 atom stereocenters. The second kappa shape index (κ2) is 9.67. The van der Waals surface area contributed by atoms with Crippen LogP contribution in [0.25, 0.3) is 22.4 Å². The first kappa shape index (κ1) is 22.1. The van der Waals surface area contributed by atoms with Crippen molar-refractivity contribution in [3.63, 3.8) is 0 Å². The van der Waals surface area contributed by atoms with Gasteiger partial charge in [-0.1, -0.05) is 66.2 Å². The van der Waals surface area contributed by atoms with Crippen LogP contribution in [0.4, 0.5) is 4.79 Å². The van der Waals surface area contributed by atoms with E-state index in [0.29, 0.717) is 10.7 Å². The van der Waals surface area contributed by atoms with Crippen LogP contribution in [0.2, 0.25) is 5.02 Å². The number of nitrogens with zero attached hydrogens (tertiary/aromatic N) is 1. The molecule has 5 nitrogen and oxygen atoms in total. The number of benzene rings is 3. The summed E-state index contributed by atoms with van der Waals surface area (Å²) in [7, 11) is 0. The number of nitrogens with one attached hydrogen (secondary N) is 1. The first-order chi connectivity index (χ1) is 16.6. The lowest BCUT2D eigenvalue weighted by Crippen LogP contribution is -2.26. The van der Waals surface area contributed by atoms with E-state index in [9.17, 15) is 9.90 Å². The summed E-state index contributed by atoms with van der Waals surface area (Å²) in [4.78, 5) is 17.0. The summed E-state index contributed by atoms with van der Waals surface area (Å²) < 4.78 is 5.64. The Morgan fingerprint density at radius 2 is 1.65 bits per heavy atom. The molecule has 0 fully saturated rings. The molecule has 4 aromatic rings. The Morgan fingerprint density at radius 1 is 0.941 bits per heavy atom. The number of pyridine rings is 1. The van der Waals surface area contributed by atoms with E-state index >= 15 is 0 Å². The van der Waals surface area contributed by atoms with E-state index in [1.54, 1.807) is 24.4 Å². The van der Waals surface area contributed by atoms with E-state index < -0.39 is 6.09 Å². The maximum absolute atomic E-state index is 12.6. The summed E-state index contributed by atoms with van der Waals surface area (Å²) in [5.74, 6) is 0.00491. The van der Waals surface area contributed by atoms with E-state index in [1.165, 1.54) is 22.3 Å². The van der Waals surface area contributed by atoms with Crippen molar-refractivity contribution < 1.29 is 14.6 Å². The molecular weight excluding hydrogens is 448 g/mol. The summed E-state index contributed by atoms with van der Waals surface area (Å²) in [6.45, 7) is 0.413. The van der Waals surface area contributed by atoms with E-state index in [0.717, 1.165) is 16.7 Å². The lowest BCUT2D eigenvalue weighted by atomic mass is 9.98. The molecule has 0 spiro atoms. The van der Waals surface area contributed by atoms with Gasteiger partial charge >= 0.3 is 6.09 Å². The van der Waals surface area contributed by atoms with Crippen molar-refractivity contribution in [3.05, 3.63) is 112 Å². The molecule has 0 radical (unpaired) electrons. The third-order valence-electron chi connectivity index (χ3n) is 6.12. The fourth-order valence-electron chi connectivity index (χ4n) is 4.50. The standard InChI is InChI=1S/C28H23ClN2O3/c29-20-9-10-21(27-13-18(16-32)11-12-30-27)19(14-20)15-31-28(33)34-17-26-24-7-3-1-5-22(24)23-6-2-4-8-25(23)26/h1-14,26,32H,15-17H2,(H,31,33). The number of carbonyl (C=O) groups excluding carboxylic acids is 1. The molecule has 0 aliphatic heterocycles. The lowest BCUT2D eigenvalue weighted by molar-refractivity contribution is 0.142. The van der Waals surface area contributed by atoms with Gasteiger partial charge in [-0.05, 0) is 57.6 Å².